The van der Waals surface area contributed by atoms with Crippen LogP contribution in [0.2, 0.25) is 0 Å². The summed E-state index contributed by atoms with van der Waals surface area (Å²) in [6, 6.07) is 2.31. The lowest BCUT2D eigenvalue weighted by Gasteiger charge is -2.05. The van der Waals surface area contributed by atoms with Crippen LogP contribution in [-0.4, -0.2) is 4.57 Å². The summed E-state index contributed by atoms with van der Waals surface area (Å²) in [5.41, 5.74) is 1.55. The third-order valence-corrected chi connectivity index (χ3v) is 4.34. The molecule has 2 heteroatoms. The molecule has 1 heterocycles. The Morgan fingerprint density at radius 1 is 1.06 bits per heavy atom. The summed E-state index contributed by atoms with van der Waals surface area (Å²) in [5.74, 6) is 0. The minimum absolute atomic E-state index is 1.19. The Kier molecular flexibility index (Phi) is 7.17. The second-order valence-corrected chi connectivity index (χ2v) is 5.51. The average molecular weight is 333 g/mol. The van der Waals surface area contributed by atoms with E-state index in [4.69, 9.17) is 0 Å². The van der Waals surface area contributed by atoms with Gasteiger partial charge in [0, 0.05) is 12.7 Å². The molecule has 0 unspecified atom stereocenters. The number of halogens is 1. The standard InChI is InChI=1S/C14H24IN/c1-3-5-7-9-13-10-12-16(14(13)15)11-8-6-4-2/h10,12H,3-9,11H2,1-2H3. The Morgan fingerprint density at radius 2 is 1.75 bits per heavy atom. The highest BCUT2D eigenvalue weighted by atomic mass is 127. The number of aryl methyl sites for hydroxylation is 2. The summed E-state index contributed by atoms with van der Waals surface area (Å²) in [6.45, 7) is 5.72. The molecule has 1 rings (SSSR count). The molecule has 0 saturated heterocycles. The highest BCUT2D eigenvalue weighted by molar-refractivity contribution is 14.1. The minimum Gasteiger partial charge on any atom is -0.343 e. The largest absolute Gasteiger partial charge is 0.343 e. The van der Waals surface area contributed by atoms with E-state index in [2.05, 4.69) is 53.3 Å². The molecule has 0 N–H and O–H groups in total. The normalized spacial score (nSPS) is 10.9. The van der Waals surface area contributed by atoms with Crippen LogP contribution in [-0.2, 0) is 13.0 Å². The fourth-order valence-electron chi connectivity index (χ4n) is 1.96. The van der Waals surface area contributed by atoms with Crippen molar-refractivity contribution in [2.45, 2.75) is 65.3 Å². The minimum atomic E-state index is 1.19. The molecule has 0 saturated carbocycles. The van der Waals surface area contributed by atoms with E-state index in [0.717, 1.165) is 0 Å². The van der Waals surface area contributed by atoms with Gasteiger partial charge >= 0.3 is 0 Å². The predicted octanol–water partition coefficient (Wildman–Crippen LogP) is 5.02. The lowest BCUT2D eigenvalue weighted by atomic mass is 10.1. The topological polar surface area (TPSA) is 4.93 Å². The van der Waals surface area contributed by atoms with E-state index < -0.39 is 0 Å². The van der Waals surface area contributed by atoms with E-state index in [1.165, 1.54) is 55.2 Å². The van der Waals surface area contributed by atoms with Crippen LogP contribution in [0.5, 0.6) is 0 Å². The molecule has 0 aliphatic rings. The molecule has 0 aliphatic carbocycles. The van der Waals surface area contributed by atoms with Crippen molar-refractivity contribution in [3.8, 4) is 0 Å². The monoisotopic (exact) mass is 333 g/mol. The third kappa shape index (κ3) is 4.48. The first-order chi connectivity index (χ1) is 7.79. The Bertz CT molecular complexity index is 263. The molecule has 0 atom stereocenters. The van der Waals surface area contributed by atoms with E-state index in [0.29, 0.717) is 0 Å². The van der Waals surface area contributed by atoms with E-state index in [1.807, 2.05) is 0 Å². The van der Waals surface area contributed by atoms with Crippen LogP contribution >= 0.6 is 22.6 Å². The lowest BCUT2D eigenvalue weighted by molar-refractivity contribution is 0.594. The fraction of sp³-hybridized carbons (Fsp3) is 0.714. The fourth-order valence-corrected chi connectivity index (χ4v) is 2.81. The summed E-state index contributed by atoms with van der Waals surface area (Å²) >= 11 is 2.50. The van der Waals surface area contributed by atoms with E-state index in [-0.39, 0.29) is 0 Å². The molecule has 1 nitrogen and oxygen atoms in total. The molecule has 0 aromatic carbocycles. The molecule has 0 spiro atoms. The first-order valence-corrected chi connectivity index (χ1v) is 7.71. The molecule has 16 heavy (non-hydrogen) atoms. The second kappa shape index (κ2) is 8.15. The maximum atomic E-state index is 2.50. The van der Waals surface area contributed by atoms with Crippen molar-refractivity contribution in [2.75, 3.05) is 0 Å². The van der Waals surface area contributed by atoms with Gasteiger partial charge in [-0.3, -0.25) is 0 Å². The molecule has 1 aromatic heterocycles. The average Bonchev–Trinajstić information content (AvgIpc) is 2.62. The quantitative estimate of drug-likeness (QED) is 0.465. The van der Waals surface area contributed by atoms with Gasteiger partial charge in [-0.05, 0) is 53.5 Å². The van der Waals surface area contributed by atoms with Gasteiger partial charge in [0.1, 0.15) is 0 Å². The van der Waals surface area contributed by atoms with Gasteiger partial charge in [0.2, 0.25) is 0 Å². The maximum absolute atomic E-state index is 2.50. The van der Waals surface area contributed by atoms with Gasteiger partial charge in [-0.15, -0.1) is 0 Å². The van der Waals surface area contributed by atoms with Crippen LogP contribution in [0.3, 0.4) is 0 Å². The zero-order valence-corrected chi connectivity index (χ0v) is 12.8. The Labute approximate surface area is 114 Å². The van der Waals surface area contributed by atoms with Crippen molar-refractivity contribution in [1.82, 2.24) is 4.57 Å². The van der Waals surface area contributed by atoms with E-state index >= 15 is 0 Å². The van der Waals surface area contributed by atoms with Crippen LogP contribution in [0.25, 0.3) is 0 Å². The summed E-state index contributed by atoms with van der Waals surface area (Å²) in [4.78, 5) is 0. The van der Waals surface area contributed by atoms with Crippen molar-refractivity contribution in [3.05, 3.63) is 21.5 Å². The van der Waals surface area contributed by atoms with Crippen molar-refractivity contribution < 1.29 is 0 Å². The molecule has 0 bridgehead atoms. The van der Waals surface area contributed by atoms with Crippen molar-refractivity contribution in [2.24, 2.45) is 0 Å². The van der Waals surface area contributed by atoms with Crippen LogP contribution in [0, 0.1) is 3.70 Å². The number of unbranched alkanes of at least 4 members (excludes halogenated alkanes) is 4. The number of nitrogens with zero attached hydrogens (tertiary/aromatic N) is 1. The van der Waals surface area contributed by atoms with Crippen molar-refractivity contribution in [1.29, 1.82) is 0 Å². The van der Waals surface area contributed by atoms with Gasteiger partial charge in [-0.2, -0.15) is 0 Å². The Balaban J connectivity index is 2.41. The van der Waals surface area contributed by atoms with Gasteiger partial charge in [0.15, 0.2) is 0 Å². The van der Waals surface area contributed by atoms with Gasteiger partial charge in [0.05, 0.1) is 3.70 Å². The summed E-state index contributed by atoms with van der Waals surface area (Å²) in [6.07, 6.45) is 11.5. The zero-order chi connectivity index (χ0) is 11.8. The van der Waals surface area contributed by atoms with Crippen LogP contribution in [0.15, 0.2) is 12.3 Å². The Hall–Kier alpha value is 0.01000. The summed E-state index contributed by atoms with van der Waals surface area (Å²) < 4.78 is 3.88. The number of rotatable bonds is 8. The Morgan fingerprint density at radius 3 is 2.44 bits per heavy atom. The summed E-state index contributed by atoms with van der Waals surface area (Å²) in [5, 5.41) is 0. The molecular formula is C14H24IN. The first kappa shape index (κ1) is 14.1. The highest BCUT2D eigenvalue weighted by Crippen LogP contribution is 2.17. The summed E-state index contributed by atoms with van der Waals surface area (Å²) in [7, 11) is 0. The van der Waals surface area contributed by atoms with Crippen LogP contribution in [0.1, 0.15) is 57.9 Å². The lowest BCUT2D eigenvalue weighted by Crippen LogP contribution is -2.00. The van der Waals surface area contributed by atoms with Crippen LogP contribution < -0.4 is 0 Å². The van der Waals surface area contributed by atoms with Crippen molar-refractivity contribution in [3.63, 3.8) is 0 Å². The zero-order valence-electron chi connectivity index (χ0n) is 10.6. The van der Waals surface area contributed by atoms with Gasteiger partial charge < -0.3 is 4.57 Å². The molecule has 0 radical (unpaired) electrons. The molecular weight excluding hydrogens is 309 g/mol. The maximum Gasteiger partial charge on any atom is 0.0830 e. The molecule has 0 fully saturated rings. The predicted molar refractivity (Wildman–Crippen MR) is 79.9 cm³/mol. The highest BCUT2D eigenvalue weighted by Gasteiger charge is 2.05. The van der Waals surface area contributed by atoms with E-state index in [1.54, 1.807) is 5.56 Å². The number of hydrogen-bond acceptors (Lipinski definition) is 0. The van der Waals surface area contributed by atoms with Gasteiger partial charge in [-0.1, -0.05) is 39.5 Å². The SMILES string of the molecule is CCCCCc1ccn(CCCCC)c1I. The first-order valence-electron chi connectivity index (χ1n) is 6.63. The van der Waals surface area contributed by atoms with Crippen LogP contribution in [0.4, 0.5) is 0 Å². The van der Waals surface area contributed by atoms with E-state index in [9.17, 15) is 0 Å². The smallest absolute Gasteiger partial charge is 0.0830 e. The molecule has 1 aromatic rings. The third-order valence-electron chi connectivity index (χ3n) is 3.03. The van der Waals surface area contributed by atoms with Crippen molar-refractivity contribution >= 4 is 22.6 Å². The second-order valence-electron chi connectivity index (χ2n) is 4.49. The molecule has 0 amide bonds. The van der Waals surface area contributed by atoms with Gasteiger partial charge in [0.25, 0.3) is 0 Å². The molecule has 92 valence electrons. The number of hydrogen-bond donors (Lipinski definition) is 0. The number of aromatic nitrogens is 1. The molecule has 0 aliphatic heterocycles. The van der Waals surface area contributed by atoms with Gasteiger partial charge in [-0.25, -0.2) is 0 Å².